The van der Waals surface area contributed by atoms with E-state index in [0.29, 0.717) is 3.70 Å². The highest BCUT2D eigenvalue weighted by Crippen LogP contribution is 2.03. The molecule has 0 radical (unpaired) electrons. The summed E-state index contributed by atoms with van der Waals surface area (Å²) in [7, 11) is 0. The molecule has 0 atom stereocenters. The molecule has 0 aliphatic rings. The van der Waals surface area contributed by atoms with Crippen molar-refractivity contribution in [1.29, 1.82) is 3.56 Å². The van der Waals surface area contributed by atoms with E-state index in [9.17, 15) is 0 Å². The number of nitrogens with one attached hydrogen (secondary N) is 1. The minimum atomic E-state index is -0.838. The Labute approximate surface area is 51.7 Å². The number of nitrogens with two attached hydrogens (primary N) is 3. The van der Waals surface area contributed by atoms with Crippen molar-refractivity contribution in [1.82, 2.24) is 0 Å². The van der Waals surface area contributed by atoms with Gasteiger partial charge >= 0.3 is 0 Å². The van der Waals surface area contributed by atoms with Crippen LogP contribution in [0.5, 0.6) is 0 Å². The summed E-state index contributed by atoms with van der Waals surface area (Å²) in [6.45, 7) is 0. The summed E-state index contributed by atoms with van der Waals surface area (Å²) in [4.78, 5) is 0. The van der Waals surface area contributed by atoms with E-state index in [4.69, 9.17) is 20.8 Å². The van der Waals surface area contributed by atoms with E-state index in [1.807, 2.05) is 0 Å². The molecule has 42 valence electrons. The van der Waals surface area contributed by atoms with E-state index in [0.717, 1.165) is 0 Å². The van der Waals surface area contributed by atoms with Crippen molar-refractivity contribution in [2.24, 2.45) is 17.2 Å². The second-order valence-electron chi connectivity index (χ2n) is 0.898. The predicted molar refractivity (Wildman–Crippen MR) is 36.3 cm³/mol. The number of halogens is 1. The van der Waals surface area contributed by atoms with Crippen LogP contribution >= 0.6 is 21.0 Å². The molecule has 0 rings (SSSR count). The topological polar surface area (TPSA) is 102 Å². The SMILES string of the molecule is N=IC(N)=C(N)N. The molecular formula is C2H7IN4. The Morgan fingerprint density at radius 3 is 1.71 bits per heavy atom. The maximum atomic E-state index is 6.71. The Morgan fingerprint density at radius 2 is 1.71 bits per heavy atom. The van der Waals surface area contributed by atoms with Gasteiger partial charge in [0.25, 0.3) is 0 Å². The van der Waals surface area contributed by atoms with Gasteiger partial charge in [0.1, 0.15) is 9.52 Å². The second kappa shape index (κ2) is 2.78. The molecule has 0 heterocycles. The van der Waals surface area contributed by atoms with Gasteiger partial charge in [-0.1, -0.05) is 0 Å². The third-order valence-corrected chi connectivity index (χ3v) is 1.58. The van der Waals surface area contributed by atoms with Crippen LogP contribution in [0.4, 0.5) is 0 Å². The molecule has 4 nitrogen and oxygen atoms in total. The quantitative estimate of drug-likeness (QED) is 0.356. The lowest BCUT2D eigenvalue weighted by atomic mass is 10.8. The largest absolute Gasteiger partial charge is 0.390 e. The van der Waals surface area contributed by atoms with E-state index in [1.165, 1.54) is 0 Å². The van der Waals surface area contributed by atoms with Crippen LogP contribution in [0, 0.1) is 3.56 Å². The highest BCUT2D eigenvalue weighted by molar-refractivity contribution is 14.2. The molecule has 0 saturated carbocycles. The smallest absolute Gasteiger partial charge is 0.125 e. The van der Waals surface area contributed by atoms with Gasteiger partial charge in [-0.25, -0.2) is 0 Å². The van der Waals surface area contributed by atoms with Gasteiger partial charge in [0, 0.05) is 21.0 Å². The highest BCUT2D eigenvalue weighted by Gasteiger charge is 1.84. The first-order valence-electron chi connectivity index (χ1n) is 1.49. The molecule has 0 unspecified atom stereocenters. The maximum absolute atomic E-state index is 6.71. The van der Waals surface area contributed by atoms with Crippen LogP contribution in [0.15, 0.2) is 9.52 Å². The van der Waals surface area contributed by atoms with Crippen LogP contribution in [0.3, 0.4) is 0 Å². The first-order chi connectivity index (χ1) is 3.18. The van der Waals surface area contributed by atoms with Crippen molar-refractivity contribution < 1.29 is 0 Å². The molecule has 0 aliphatic carbocycles. The average molecular weight is 214 g/mol. The van der Waals surface area contributed by atoms with Crippen LogP contribution in [-0.4, -0.2) is 0 Å². The van der Waals surface area contributed by atoms with Gasteiger partial charge in [-0.2, -0.15) is 0 Å². The Bertz CT molecular complexity index is 102. The van der Waals surface area contributed by atoms with Crippen LogP contribution in [-0.2, 0) is 0 Å². The van der Waals surface area contributed by atoms with Gasteiger partial charge in [0.05, 0.1) is 0 Å². The van der Waals surface area contributed by atoms with E-state index in [1.54, 1.807) is 0 Å². The lowest BCUT2D eigenvalue weighted by molar-refractivity contribution is 1.21. The molecule has 0 saturated heterocycles. The predicted octanol–water partition coefficient (Wildman–Crippen LogP) is -0.278. The minimum absolute atomic E-state index is 0.0998. The summed E-state index contributed by atoms with van der Waals surface area (Å²) in [5.41, 5.74) is 15.1. The first kappa shape index (κ1) is 6.67. The molecule has 0 aromatic heterocycles. The second-order valence-corrected chi connectivity index (χ2v) is 2.60. The van der Waals surface area contributed by atoms with Crippen LogP contribution in [0.2, 0.25) is 0 Å². The molecule has 7 N–H and O–H groups in total. The Balaban J connectivity index is 3.98. The molecule has 0 aromatic rings. The molecule has 0 amide bonds. The summed E-state index contributed by atoms with van der Waals surface area (Å²) in [6.07, 6.45) is 0. The van der Waals surface area contributed by atoms with Crippen molar-refractivity contribution in [3.05, 3.63) is 9.52 Å². The van der Waals surface area contributed by atoms with E-state index < -0.39 is 21.0 Å². The lowest BCUT2D eigenvalue weighted by Crippen LogP contribution is -2.13. The third-order valence-electron chi connectivity index (χ3n) is 0.378. The molecule has 0 spiro atoms. The molecule has 7 heavy (non-hydrogen) atoms. The van der Waals surface area contributed by atoms with Crippen LogP contribution in [0.1, 0.15) is 0 Å². The van der Waals surface area contributed by atoms with E-state index in [-0.39, 0.29) is 5.82 Å². The summed E-state index contributed by atoms with van der Waals surface area (Å²) in [5, 5.41) is 0. The lowest BCUT2D eigenvalue weighted by Gasteiger charge is -1.89. The standard InChI is InChI=1S/C2H7IN4/c4-1(3-7)2(5)6/h7H,4-6H2. The zero-order chi connectivity index (χ0) is 5.86. The average Bonchev–Trinajstić information content (AvgIpc) is 1.65. The van der Waals surface area contributed by atoms with Gasteiger partial charge in [-0.15, -0.1) is 0 Å². The van der Waals surface area contributed by atoms with E-state index >= 15 is 0 Å². The van der Waals surface area contributed by atoms with Gasteiger partial charge in [-0.05, 0) is 0 Å². The van der Waals surface area contributed by atoms with Gasteiger partial charge < -0.3 is 17.2 Å². The maximum Gasteiger partial charge on any atom is 0.125 e. The molecule has 0 bridgehead atoms. The fourth-order valence-electron chi connectivity index (χ4n) is 0.0546. The van der Waals surface area contributed by atoms with Gasteiger partial charge in [0.2, 0.25) is 0 Å². The molecule has 5 heteroatoms. The number of hydrogen-bond acceptors (Lipinski definition) is 4. The van der Waals surface area contributed by atoms with Crippen molar-refractivity contribution in [3.63, 3.8) is 0 Å². The molecule has 0 aromatic carbocycles. The Hall–Kier alpha value is -0.330. The van der Waals surface area contributed by atoms with Crippen LogP contribution < -0.4 is 17.2 Å². The molecule has 0 aliphatic heterocycles. The summed E-state index contributed by atoms with van der Waals surface area (Å²) >= 11 is -0.838. The fourth-order valence-corrected chi connectivity index (χ4v) is 0.366. The van der Waals surface area contributed by atoms with Crippen molar-refractivity contribution in [3.8, 4) is 0 Å². The molecule has 0 fully saturated rings. The molecular weight excluding hydrogens is 207 g/mol. The zero-order valence-corrected chi connectivity index (χ0v) is 5.77. The Kier molecular flexibility index (Phi) is 2.65. The third kappa shape index (κ3) is 2.38. The zero-order valence-electron chi connectivity index (χ0n) is 3.61. The fraction of sp³-hybridized carbons (Fsp3) is 0. The summed E-state index contributed by atoms with van der Waals surface area (Å²) < 4.78 is 7.05. The van der Waals surface area contributed by atoms with Gasteiger partial charge in [-0.3, -0.25) is 3.56 Å². The van der Waals surface area contributed by atoms with Crippen LogP contribution in [0.25, 0.3) is 0 Å². The van der Waals surface area contributed by atoms with Crippen molar-refractivity contribution in [2.75, 3.05) is 0 Å². The number of hydrogen-bond donors (Lipinski definition) is 4. The van der Waals surface area contributed by atoms with E-state index in [2.05, 4.69) is 0 Å². The first-order valence-corrected chi connectivity index (χ1v) is 3.65. The highest BCUT2D eigenvalue weighted by atomic mass is 127. The monoisotopic (exact) mass is 214 g/mol. The van der Waals surface area contributed by atoms with Crippen molar-refractivity contribution >= 4 is 21.0 Å². The number of rotatable bonds is 1. The Morgan fingerprint density at radius 1 is 1.29 bits per heavy atom. The summed E-state index contributed by atoms with van der Waals surface area (Å²) in [5.74, 6) is 0.0998. The minimum Gasteiger partial charge on any atom is -0.390 e. The van der Waals surface area contributed by atoms with Crippen molar-refractivity contribution in [2.45, 2.75) is 0 Å². The van der Waals surface area contributed by atoms with Gasteiger partial charge in [0.15, 0.2) is 0 Å². The summed E-state index contributed by atoms with van der Waals surface area (Å²) in [6, 6.07) is 0. The normalized spacial score (nSPS) is 8.00.